The van der Waals surface area contributed by atoms with Crippen LogP contribution in [0.4, 0.5) is 4.39 Å². The summed E-state index contributed by atoms with van der Waals surface area (Å²) in [6.45, 7) is 5.19. The van der Waals surface area contributed by atoms with Crippen LogP contribution in [0.25, 0.3) is 0 Å². The van der Waals surface area contributed by atoms with Crippen LogP contribution in [-0.4, -0.2) is 18.5 Å². The van der Waals surface area contributed by atoms with Crippen LogP contribution in [-0.2, 0) is 9.53 Å². The maximum Gasteiger partial charge on any atom is 0.354 e. The van der Waals surface area contributed by atoms with Crippen molar-refractivity contribution in [2.24, 2.45) is 0 Å². The molecule has 5 heteroatoms. The zero-order chi connectivity index (χ0) is 14.4. The van der Waals surface area contributed by atoms with E-state index in [1.165, 1.54) is 18.2 Å². The fraction of sp³-hybridized carbons (Fsp3) is 0.286. The van der Waals surface area contributed by atoms with Crippen LogP contribution in [0.3, 0.4) is 0 Å². The molecular formula is C14H16FNO3. The molecule has 0 bridgehead atoms. The van der Waals surface area contributed by atoms with Gasteiger partial charge in [-0.05, 0) is 38.5 Å². The number of ether oxygens (including phenoxy) is 1. The zero-order valence-electron chi connectivity index (χ0n) is 11.1. The Balaban J connectivity index is 2.94. The second kappa shape index (κ2) is 6.68. The lowest BCUT2D eigenvalue weighted by molar-refractivity contribution is -0.138. The summed E-state index contributed by atoms with van der Waals surface area (Å²) in [6.07, 6.45) is 0. The van der Waals surface area contributed by atoms with E-state index in [9.17, 15) is 14.0 Å². The van der Waals surface area contributed by atoms with Crippen molar-refractivity contribution in [2.75, 3.05) is 6.61 Å². The summed E-state index contributed by atoms with van der Waals surface area (Å²) in [5.41, 5.74) is 0.504. The van der Waals surface area contributed by atoms with Crippen LogP contribution in [0.1, 0.15) is 31.1 Å². The number of halogens is 1. The molecule has 0 saturated heterocycles. The summed E-state index contributed by atoms with van der Waals surface area (Å²) >= 11 is 0. The number of benzene rings is 1. The Hall–Kier alpha value is -2.17. The molecule has 1 amide bonds. The highest BCUT2D eigenvalue weighted by atomic mass is 19.1. The van der Waals surface area contributed by atoms with Gasteiger partial charge in [0.15, 0.2) is 0 Å². The van der Waals surface area contributed by atoms with Gasteiger partial charge in [-0.1, -0.05) is 12.1 Å². The molecule has 4 nitrogen and oxygen atoms in total. The minimum Gasteiger partial charge on any atom is -0.461 e. The first-order valence-electron chi connectivity index (χ1n) is 5.87. The molecule has 0 aliphatic heterocycles. The lowest BCUT2D eigenvalue weighted by Gasteiger charge is -2.11. The molecule has 1 N–H and O–H groups in total. The number of allylic oxidation sites excluding steroid dienone is 1. The molecule has 1 aromatic carbocycles. The van der Waals surface area contributed by atoms with Crippen LogP contribution in [0.2, 0.25) is 0 Å². The van der Waals surface area contributed by atoms with Crippen molar-refractivity contribution in [3.05, 3.63) is 46.9 Å². The molecule has 1 rings (SSSR count). The summed E-state index contributed by atoms with van der Waals surface area (Å²) in [6, 6.07) is 5.56. The van der Waals surface area contributed by atoms with Gasteiger partial charge in [0.1, 0.15) is 11.5 Å². The van der Waals surface area contributed by atoms with Crippen LogP contribution in [0, 0.1) is 5.82 Å². The molecule has 0 saturated carbocycles. The predicted molar refractivity (Wildman–Crippen MR) is 68.9 cm³/mol. The molecule has 0 heterocycles. The summed E-state index contributed by atoms with van der Waals surface area (Å²) in [4.78, 5) is 23.5. The van der Waals surface area contributed by atoms with Gasteiger partial charge in [-0.2, -0.15) is 0 Å². The summed E-state index contributed by atoms with van der Waals surface area (Å²) < 4.78 is 18.3. The normalized spacial score (nSPS) is 9.68. The molecule has 1 aromatic rings. The first kappa shape index (κ1) is 14.9. The Morgan fingerprint density at radius 2 is 1.89 bits per heavy atom. The van der Waals surface area contributed by atoms with E-state index in [4.69, 9.17) is 4.74 Å². The second-order valence-electron chi connectivity index (χ2n) is 4.03. The lowest BCUT2D eigenvalue weighted by Crippen LogP contribution is -2.30. The number of rotatable bonds is 4. The van der Waals surface area contributed by atoms with Crippen LogP contribution >= 0.6 is 0 Å². The lowest BCUT2D eigenvalue weighted by atomic mass is 10.2. The van der Waals surface area contributed by atoms with Crippen LogP contribution in [0.15, 0.2) is 35.5 Å². The molecule has 0 fully saturated rings. The van der Waals surface area contributed by atoms with Gasteiger partial charge in [0.25, 0.3) is 5.91 Å². The molecule has 102 valence electrons. The van der Waals surface area contributed by atoms with Crippen molar-refractivity contribution < 1.29 is 18.7 Å². The Morgan fingerprint density at radius 1 is 1.26 bits per heavy atom. The number of amides is 1. The third kappa shape index (κ3) is 3.91. The van der Waals surface area contributed by atoms with Crippen molar-refractivity contribution >= 4 is 11.9 Å². The van der Waals surface area contributed by atoms with E-state index in [-0.39, 0.29) is 17.9 Å². The van der Waals surface area contributed by atoms with E-state index < -0.39 is 17.7 Å². The van der Waals surface area contributed by atoms with Gasteiger partial charge in [0, 0.05) is 0 Å². The second-order valence-corrected chi connectivity index (χ2v) is 4.03. The molecule has 0 unspecified atom stereocenters. The number of nitrogens with one attached hydrogen (secondary N) is 1. The molecule has 0 aromatic heterocycles. The van der Waals surface area contributed by atoms with E-state index in [2.05, 4.69) is 5.32 Å². The average molecular weight is 265 g/mol. The number of esters is 1. The minimum atomic E-state index is -0.678. The van der Waals surface area contributed by atoms with Gasteiger partial charge in [0.05, 0.1) is 12.2 Å². The summed E-state index contributed by atoms with van der Waals surface area (Å²) in [5.74, 6) is -1.95. The average Bonchev–Trinajstić information content (AvgIpc) is 2.36. The standard InChI is InChI=1S/C14H16FNO3/c1-4-19-14(18)12(9(2)3)16-13(17)10-7-5-6-8-11(10)15/h5-8H,4H2,1-3H3,(H,16,17). The largest absolute Gasteiger partial charge is 0.461 e. The third-order valence-corrected chi connectivity index (χ3v) is 2.34. The van der Waals surface area contributed by atoms with Gasteiger partial charge < -0.3 is 10.1 Å². The number of hydrogen-bond acceptors (Lipinski definition) is 3. The van der Waals surface area contributed by atoms with Crippen LogP contribution in [0.5, 0.6) is 0 Å². The third-order valence-electron chi connectivity index (χ3n) is 2.34. The molecule has 0 atom stereocenters. The Bertz CT molecular complexity index is 519. The first-order valence-corrected chi connectivity index (χ1v) is 5.87. The Labute approximate surface area is 111 Å². The van der Waals surface area contributed by atoms with Gasteiger partial charge >= 0.3 is 5.97 Å². The number of carbonyl (C=O) groups is 2. The maximum atomic E-state index is 13.4. The van der Waals surface area contributed by atoms with Gasteiger partial charge in [-0.3, -0.25) is 4.79 Å². The quantitative estimate of drug-likeness (QED) is 0.672. The van der Waals surface area contributed by atoms with Crippen molar-refractivity contribution in [3.8, 4) is 0 Å². The number of carbonyl (C=O) groups excluding carboxylic acids is 2. The van der Waals surface area contributed by atoms with E-state index in [1.54, 1.807) is 26.8 Å². The van der Waals surface area contributed by atoms with Crippen molar-refractivity contribution in [2.45, 2.75) is 20.8 Å². The fourth-order valence-corrected chi connectivity index (χ4v) is 1.41. The number of hydrogen-bond donors (Lipinski definition) is 1. The van der Waals surface area contributed by atoms with E-state index in [1.807, 2.05) is 0 Å². The monoisotopic (exact) mass is 265 g/mol. The van der Waals surface area contributed by atoms with E-state index >= 15 is 0 Å². The minimum absolute atomic E-state index is 0.0371. The van der Waals surface area contributed by atoms with Crippen LogP contribution < -0.4 is 5.32 Å². The fourth-order valence-electron chi connectivity index (χ4n) is 1.41. The van der Waals surface area contributed by atoms with E-state index in [0.29, 0.717) is 5.57 Å². The van der Waals surface area contributed by atoms with Gasteiger partial charge in [-0.15, -0.1) is 0 Å². The Kier molecular flexibility index (Phi) is 5.23. The summed E-state index contributed by atoms with van der Waals surface area (Å²) in [5, 5.41) is 2.38. The molecule has 0 spiro atoms. The molecule has 19 heavy (non-hydrogen) atoms. The Morgan fingerprint density at radius 3 is 2.42 bits per heavy atom. The summed E-state index contributed by atoms with van der Waals surface area (Å²) in [7, 11) is 0. The molecule has 0 aliphatic carbocycles. The van der Waals surface area contributed by atoms with Crippen molar-refractivity contribution in [1.29, 1.82) is 0 Å². The zero-order valence-corrected chi connectivity index (χ0v) is 11.1. The SMILES string of the molecule is CCOC(=O)C(NC(=O)c1ccccc1F)=C(C)C. The van der Waals surface area contributed by atoms with Crippen molar-refractivity contribution in [3.63, 3.8) is 0 Å². The molecule has 0 aliphatic rings. The highest BCUT2D eigenvalue weighted by molar-refractivity contribution is 6.01. The maximum absolute atomic E-state index is 13.4. The van der Waals surface area contributed by atoms with E-state index in [0.717, 1.165) is 0 Å². The smallest absolute Gasteiger partial charge is 0.354 e. The topological polar surface area (TPSA) is 55.4 Å². The van der Waals surface area contributed by atoms with Gasteiger partial charge in [-0.25, -0.2) is 9.18 Å². The highest BCUT2D eigenvalue weighted by Gasteiger charge is 2.18. The van der Waals surface area contributed by atoms with Gasteiger partial charge in [0.2, 0.25) is 0 Å². The molecule has 0 radical (unpaired) electrons. The first-order chi connectivity index (χ1) is 8.97. The van der Waals surface area contributed by atoms with Crippen molar-refractivity contribution in [1.82, 2.24) is 5.32 Å². The highest BCUT2D eigenvalue weighted by Crippen LogP contribution is 2.09. The predicted octanol–water partition coefficient (Wildman–Crippen LogP) is 2.41. The molecular weight excluding hydrogens is 249 g/mol.